The molecule has 51 heavy (non-hydrogen) atoms. The first kappa shape index (κ1) is 35.6. The van der Waals surface area contributed by atoms with Crippen molar-refractivity contribution in [3.63, 3.8) is 0 Å². The van der Waals surface area contributed by atoms with E-state index >= 15 is 0 Å². The molecule has 0 atom stereocenters. The number of thiophene rings is 2. The number of rotatable bonds is 16. The van der Waals surface area contributed by atoms with Crippen molar-refractivity contribution in [2.24, 2.45) is 0 Å². The van der Waals surface area contributed by atoms with Gasteiger partial charge in [0.15, 0.2) is 0 Å². The normalized spacial score (nSPS) is 11.9. The third-order valence-corrected chi connectivity index (χ3v) is 12.6. The smallest absolute Gasteiger partial charge is 0.0983 e. The number of benzene rings is 3. The van der Waals surface area contributed by atoms with Crippen LogP contribution in [0, 0.1) is 13.8 Å². The Kier molecular flexibility index (Phi) is 11.3. The summed E-state index contributed by atoms with van der Waals surface area (Å²) >= 11 is 3.73. The van der Waals surface area contributed by atoms with Gasteiger partial charge in [-0.05, 0) is 93.5 Å². The minimum Gasteiger partial charge on any atom is -0.340 e. The molecule has 0 N–H and O–H groups in total. The van der Waals surface area contributed by atoms with E-state index in [1.165, 1.54) is 133 Å². The van der Waals surface area contributed by atoms with Crippen LogP contribution < -0.4 is 0 Å². The molecule has 7 rings (SSSR count). The monoisotopic (exact) mass is 711 g/mol. The molecule has 0 unspecified atom stereocenters. The van der Waals surface area contributed by atoms with Gasteiger partial charge < -0.3 is 4.57 Å². The Morgan fingerprint density at radius 2 is 1.10 bits per heavy atom. The van der Waals surface area contributed by atoms with Crippen LogP contribution in [0.1, 0.15) is 107 Å². The van der Waals surface area contributed by atoms with Crippen LogP contribution in [0.4, 0.5) is 0 Å². The van der Waals surface area contributed by atoms with Crippen molar-refractivity contribution in [1.29, 1.82) is 0 Å². The minimum atomic E-state index is 1.00. The van der Waals surface area contributed by atoms with E-state index in [9.17, 15) is 0 Å². The number of nitrogens with zero attached hydrogens (tertiary/aromatic N) is 3. The van der Waals surface area contributed by atoms with Gasteiger partial charge in [0.1, 0.15) is 0 Å². The van der Waals surface area contributed by atoms with Crippen LogP contribution in [0.25, 0.3) is 64.2 Å². The second kappa shape index (κ2) is 16.3. The van der Waals surface area contributed by atoms with Crippen LogP contribution in [0.2, 0.25) is 0 Å². The predicted molar refractivity (Wildman–Crippen MR) is 225 cm³/mol. The Labute approximate surface area is 312 Å². The largest absolute Gasteiger partial charge is 0.340 e. The van der Waals surface area contributed by atoms with Gasteiger partial charge in [-0.2, -0.15) is 0 Å². The summed E-state index contributed by atoms with van der Waals surface area (Å²) in [6.45, 7) is 12.3. The summed E-state index contributed by atoms with van der Waals surface area (Å²) in [6.07, 6.45) is 14.3. The molecule has 0 radical (unpaired) electrons. The van der Waals surface area contributed by atoms with E-state index in [1.54, 1.807) is 0 Å². The lowest BCUT2D eigenvalue weighted by atomic mass is 10.0. The predicted octanol–water partition coefficient (Wildman–Crippen LogP) is 14.5. The lowest BCUT2D eigenvalue weighted by molar-refractivity contribution is 0.602. The molecular weight excluding hydrogens is 659 g/mol. The molecule has 0 bridgehead atoms. The van der Waals surface area contributed by atoms with Crippen molar-refractivity contribution in [3.05, 3.63) is 94.6 Å². The molecule has 0 amide bonds. The van der Waals surface area contributed by atoms with E-state index in [-0.39, 0.29) is 0 Å². The molecule has 0 spiro atoms. The average molecular weight is 712 g/mol. The van der Waals surface area contributed by atoms with E-state index in [0.29, 0.717) is 0 Å². The molecule has 0 fully saturated rings. The highest BCUT2D eigenvalue weighted by Gasteiger charge is 2.19. The van der Waals surface area contributed by atoms with E-state index < -0.39 is 0 Å². The molecule has 0 saturated heterocycles. The first-order valence-corrected chi connectivity index (χ1v) is 21.1. The zero-order valence-corrected chi connectivity index (χ0v) is 32.9. The number of aromatic nitrogens is 3. The second-order valence-corrected chi connectivity index (χ2v) is 16.8. The van der Waals surface area contributed by atoms with Gasteiger partial charge >= 0.3 is 0 Å². The van der Waals surface area contributed by atoms with Gasteiger partial charge in [0, 0.05) is 59.0 Å². The molecule has 0 aliphatic heterocycles. The van der Waals surface area contributed by atoms with Crippen molar-refractivity contribution in [2.45, 2.75) is 118 Å². The van der Waals surface area contributed by atoms with E-state index in [1.807, 2.05) is 22.7 Å². The molecule has 3 aromatic carbocycles. The maximum Gasteiger partial charge on any atom is 0.0983 e. The number of hydrogen-bond acceptors (Lipinski definition) is 4. The first-order valence-electron chi connectivity index (χ1n) is 19.5. The van der Waals surface area contributed by atoms with Gasteiger partial charge in [-0.15, -0.1) is 22.7 Å². The van der Waals surface area contributed by atoms with Crippen LogP contribution in [0.15, 0.2) is 72.8 Å². The average Bonchev–Trinajstić information content (AvgIpc) is 3.87. The van der Waals surface area contributed by atoms with Crippen molar-refractivity contribution < 1.29 is 0 Å². The summed E-state index contributed by atoms with van der Waals surface area (Å²) in [5.74, 6) is 0. The van der Waals surface area contributed by atoms with Crippen molar-refractivity contribution in [1.82, 2.24) is 14.5 Å². The maximum absolute atomic E-state index is 5.55. The number of unbranched alkanes of at least 4 members (excludes halogenated alkanes) is 7. The van der Waals surface area contributed by atoms with Gasteiger partial charge in [-0.3, -0.25) is 0 Å². The highest BCUT2D eigenvalue weighted by atomic mass is 32.1. The number of fused-ring (bicyclic) bond motifs is 4. The zero-order valence-electron chi connectivity index (χ0n) is 31.3. The third-order valence-electron chi connectivity index (χ3n) is 10.4. The van der Waals surface area contributed by atoms with Gasteiger partial charge in [-0.1, -0.05) is 102 Å². The Hall–Kier alpha value is -3.80. The number of hydrogen-bond donors (Lipinski definition) is 0. The molecule has 3 nitrogen and oxygen atoms in total. The van der Waals surface area contributed by atoms with Crippen molar-refractivity contribution >= 4 is 55.5 Å². The first-order chi connectivity index (χ1) is 25.0. The second-order valence-electron chi connectivity index (χ2n) is 14.4. The molecule has 0 aliphatic rings. The summed E-state index contributed by atoms with van der Waals surface area (Å²) in [5, 5.41) is 2.71. The summed E-state index contributed by atoms with van der Waals surface area (Å²) in [6, 6.07) is 27.8. The Morgan fingerprint density at radius 1 is 0.529 bits per heavy atom. The van der Waals surface area contributed by atoms with Gasteiger partial charge in [0.2, 0.25) is 0 Å². The SMILES string of the molecule is CCCCCCn1c2cc(C)ccc2c2ccc(-c3ccc(-c4ccc(-c5ccc(C)s5)c5nc(CCCCC)c(CCCCC)nc45)s3)cc21. The molecule has 4 heterocycles. The zero-order chi connectivity index (χ0) is 35.3. The molecule has 5 heteroatoms. The summed E-state index contributed by atoms with van der Waals surface area (Å²) in [4.78, 5) is 16.2. The molecule has 4 aromatic heterocycles. The lowest BCUT2D eigenvalue weighted by Crippen LogP contribution is -2.05. The Morgan fingerprint density at radius 3 is 1.73 bits per heavy atom. The van der Waals surface area contributed by atoms with Gasteiger partial charge in [-0.25, -0.2) is 9.97 Å². The molecular formula is C46H53N3S2. The number of aryl methyl sites for hydroxylation is 5. The molecule has 0 aliphatic carbocycles. The van der Waals surface area contributed by atoms with Crippen LogP contribution in [-0.4, -0.2) is 14.5 Å². The van der Waals surface area contributed by atoms with Crippen LogP contribution in [0.5, 0.6) is 0 Å². The summed E-state index contributed by atoms with van der Waals surface area (Å²) < 4.78 is 2.58. The van der Waals surface area contributed by atoms with E-state index in [4.69, 9.17) is 9.97 Å². The Bertz CT molecular complexity index is 2270. The van der Waals surface area contributed by atoms with Crippen molar-refractivity contribution in [2.75, 3.05) is 0 Å². The highest BCUT2D eigenvalue weighted by molar-refractivity contribution is 7.19. The summed E-state index contributed by atoms with van der Waals surface area (Å²) in [5.41, 5.74) is 12.2. The Balaban J connectivity index is 1.32. The quantitative estimate of drug-likeness (QED) is 0.0934. The van der Waals surface area contributed by atoms with E-state index in [2.05, 4.69) is 112 Å². The third kappa shape index (κ3) is 7.57. The van der Waals surface area contributed by atoms with Crippen LogP contribution in [-0.2, 0) is 19.4 Å². The van der Waals surface area contributed by atoms with Gasteiger partial charge in [0.25, 0.3) is 0 Å². The molecule has 7 aromatic rings. The van der Waals surface area contributed by atoms with Crippen molar-refractivity contribution in [3.8, 4) is 31.3 Å². The molecule has 264 valence electrons. The fraction of sp³-hybridized carbons (Fsp3) is 0.391. The van der Waals surface area contributed by atoms with Gasteiger partial charge in [0.05, 0.1) is 22.4 Å². The minimum absolute atomic E-state index is 1.00. The standard InChI is InChI=1S/C46H53N3S2/c1-6-9-12-15-28-49-40-29-31(4)18-21-34(40)35-22-20-33(30-41(35)49)42-26-27-44(51-42)37-24-23-36(43-25-19-32(5)50-43)45-46(37)48-39(17-14-11-8-3)38(47-45)16-13-10-7-2/h18-27,29-30H,6-17,28H2,1-5H3. The fourth-order valence-corrected chi connectivity index (χ4v) is 9.52. The summed E-state index contributed by atoms with van der Waals surface area (Å²) in [7, 11) is 0. The molecule has 0 saturated carbocycles. The topological polar surface area (TPSA) is 30.7 Å². The maximum atomic E-state index is 5.55. The van der Waals surface area contributed by atoms with Crippen LogP contribution >= 0.6 is 22.7 Å². The highest BCUT2D eigenvalue weighted by Crippen LogP contribution is 2.42. The fourth-order valence-electron chi connectivity index (χ4n) is 7.60. The van der Waals surface area contributed by atoms with Crippen LogP contribution in [0.3, 0.4) is 0 Å². The van der Waals surface area contributed by atoms with E-state index in [0.717, 1.165) is 36.8 Å². The lowest BCUT2D eigenvalue weighted by Gasteiger charge is -2.14.